The molecule has 0 amide bonds. The Morgan fingerprint density at radius 1 is 1.33 bits per heavy atom. The molecule has 108 valence electrons. The molecule has 4 heteroatoms. The van der Waals surface area contributed by atoms with Crippen molar-refractivity contribution >= 4 is 11.6 Å². The topological polar surface area (TPSA) is 63.6 Å². The van der Waals surface area contributed by atoms with Gasteiger partial charge in [0.15, 0.2) is 11.5 Å². The second kappa shape index (κ2) is 5.55. The van der Waals surface area contributed by atoms with E-state index in [4.69, 9.17) is 11.2 Å². The lowest BCUT2D eigenvalue weighted by atomic mass is 9.86. The van der Waals surface area contributed by atoms with Gasteiger partial charge in [-0.2, -0.15) is 0 Å². The third-order valence-electron chi connectivity index (χ3n) is 3.53. The number of hydrogen-bond acceptors (Lipinski definition) is 4. The van der Waals surface area contributed by atoms with E-state index in [1.165, 1.54) is 13.8 Å². The van der Waals surface area contributed by atoms with Crippen LogP contribution in [0.25, 0.3) is 0 Å². The molecular weight excluding hydrogens is 268 g/mol. The number of ketones is 2. The molecule has 1 aliphatic rings. The van der Waals surface area contributed by atoms with Crippen LogP contribution in [0.4, 0.5) is 0 Å². The number of allylic oxidation sites excluding steroid dienone is 2. The zero-order valence-electron chi connectivity index (χ0n) is 11.9. The number of ether oxygens (including phenoxy) is 1. The molecule has 1 aliphatic heterocycles. The van der Waals surface area contributed by atoms with E-state index in [2.05, 4.69) is 5.92 Å². The second-order valence-corrected chi connectivity index (χ2v) is 5.11. The van der Waals surface area contributed by atoms with Crippen LogP contribution in [0.5, 0.6) is 0 Å². The molecule has 1 heterocycles. The van der Waals surface area contributed by atoms with Crippen molar-refractivity contribution in [2.45, 2.75) is 32.0 Å². The van der Waals surface area contributed by atoms with Crippen LogP contribution in [0, 0.1) is 12.3 Å². The molecule has 1 aromatic rings. The highest BCUT2D eigenvalue weighted by atomic mass is 16.6. The maximum absolute atomic E-state index is 11.6. The second-order valence-electron chi connectivity index (χ2n) is 5.11. The molecule has 0 radical (unpaired) electrons. The quantitative estimate of drug-likeness (QED) is 0.861. The summed E-state index contributed by atoms with van der Waals surface area (Å²) in [6.07, 6.45) is 7.01. The molecule has 0 bridgehead atoms. The normalized spacial score (nSPS) is 24.5. The maximum atomic E-state index is 11.6. The van der Waals surface area contributed by atoms with Crippen molar-refractivity contribution in [1.82, 2.24) is 0 Å². The summed E-state index contributed by atoms with van der Waals surface area (Å²) in [6, 6.07) is 7.19. The molecule has 21 heavy (non-hydrogen) atoms. The zero-order valence-corrected chi connectivity index (χ0v) is 11.9. The van der Waals surface area contributed by atoms with Crippen LogP contribution in [-0.4, -0.2) is 22.5 Å². The SMILES string of the molecule is C#Cc1ccc(C2C=C(C(C)=O)OC(O)(C(C)=O)C2)cc1. The van der Waals surface area contributed by atoms with Gasteiger partial charge in [0.05, 0.1) is 0 Å². The van der Waals surface area contributed by atoms with Crippen LogP contribution in [0.1, 0.15) is 37.3 Å². The lowest BCUT2D eigenvalue weighted by Crippen LogP contribution is -2.44. The number of rotatable bonds is 3. The minimum absolute atomic E-state index is 0.00461. The van der Waals surface area contributed by atoms with Crippen molar-refractivity contribution in [3.05, 3.63) is 47.2 Å². The predicted octanol–water partition coefficient (Wildman–Crippen LogP) is 1.92. The summed E-state index contributed by atoms with van der Waals surface area (Å²) in [5.74, 6) is -0.597. The van der Waals surface area contributed by atoms with Crippen molar-refractivity contribution in [2.75, 3.05) is 0 Å². The smallest absolute Gasteiger partial charge is 0.268 e. The zero-order chi connectivity index (χ0) is 15.6. The van der Waals surface area contributed by atoms with Gasteiger partial charge in [-0.05, 0) is 23.8 Å². The Morgan fingerprint density at radius 3 is 2.43 bits per heavy atom. The van der Waals surface area contributed by atoms with E-state index in [1.807, 2.05) is 12.1 Å². The van der Waals surface area contributed by atoms with Gasteiger partial charge in [-0.25, -0.2) is 0 Å². The van der Waals surface area contributed by atoms with E-state index in [0.29, 0.717) is 0 Å². The van der Waals surface area contributed by atoms with Crippen molar-refractivity contribution in [3.8, 4) is 12.3 Å². The summed E-state index contributed by atoms with van der Waals surface area (Å²) >= 11 is 0. The van der Waals surface area contributed by atoms with E-state index in [0.717, 1.165) is 11.1 Å². The Kier molecular flexibility index (Phi) is 3.97. The van der Waals surface area contributed by atoms with Crippen LogP contribution < -0.4 is 0 Å². The third-order valence-corrected chi connectivity index (χ3v) is 3.53. The third kappa shape index (κ3) is 3.04. The standard InChI is InChI=1S/C17H16O4/c1-4-13-5-7-14(8-6-13)15-9-16(11(2)18)21-17(20,10-15)12(3)19/h1,5-9,15,20H,10H2,2-3H3. The predicted molar refractivity (Wildman–Crippen MR) is 77.2 cm³/mol. The minimum Gasteiger partial charge on any atom is -0.452 e. The van der Waals surface area contributed by atoms with Crippen LogP contribution in [0.3, 0.4) is 0 Å². The average Bonchev–Trinajstić information content (AvgIpc) is 2.46. The van der Waals surface area contributed by atoms with Gasteiger partial charge in [0.25, 0.3) is 5.79 Å². The first-order valence-corrected chi connectivity index (χ1v) is 6.57. The molecule has 2 atom stereocenters. The fourth-order valence-corrected chi connectivity index (χ4v) is 2.24. The van der Waals surface area contributed by atoms with Gasteiger partial charge >= 0.3 is 0 Å². The maximum Gasteiger partial charge on any atom is 0.268 e. The molecule has 2 rings (SSSR count). The number of aliphatic hydroxyl groups is 1. The molecule has 0 aromatic heterocycles. The number of benzene rings is 1. The lowest BCUT2D eigenvalue weighted by molar-refractivity contribution is -0.196. The van der Waals surface area contributed by atoms with Gasteiger partial charge in [0.2, 0.25) is 5.78 Å². The molecule has 0 saturated carbocycles. The highest BCUT2D eigenvalue weighted by molar-refractivity contribution is 5.93. The Hall–Kier alpha value is -2.38. The van der Waals surface area contributed by atoms with Gasteiger partial charge < -0.3 is 9.84 Å². The van der Waals surface area contributed by atoms with Gasteiger partial charge in [0, 0.05) is 31.7 Å². The van der Waals surface area contributed by atoms with Crippen LogP contribution in [0.15, 0.2) is 36.1 Å². The van der Waals surface area contributed by atoms with Crippen LogP contribution in [0.2, 0.25) is 0 Å². The first kappa shape index (κ1) is 15.0. The van der Waals surface area contributed by atoms with E-state index in [9.17, 15) is 14.7 Å². The van der Waals surface area contributed by atoms with Crippen molar-refractivity contribution < 1.29 is 19.4 Å². The molecule has 4 nitrogen and oxygen atoms in total. The van der Waals surface area contributed by atoms with E-state index in [-0.39, 0.29) is 23.9 Å². The molecule has 1 N–H and O–H groups in total. The fraction of sp³-hybridized carbons (Fsp3) is 0.294. The highest BCUT2D eigenvalue weighted by Gasteiger charge is 2.42. The monoisotopic (exact) mass is 284 g/mol. The molecule has 2 unspecified atom stereocenters. The van der Waals surface area contributed by atoms with Crippen molar-refractivity contribution in [3.63, 3.8) is 0 Å². The molecule has 0 saturated heterocycles. The number of hydrogen-bond donors (Lipinski definition) is 1. The van der Waals surface area contributed by atoms with Crippen molar-refractivity contribution in [1.29, 1.82) is 0 Å². The minimum atomic E-state index is -1.97. The van der Waals surface area contributed by atoms with Gasteiger partial charge in [0.1, 0.15) is 0 Å². The first-order chi connectivity index (χ1) is 9.85. The molecule has 1 aromatic carbocycles. The fourth-order valence-electron chi connectivity index (χ4n) is 2.24. The van der Waals surface area contributed by atoms with Gasteiger partial charge in [-0.1, -0.05) is 18.1 Å². The summed E-state index contributed by atoms with van der Waals surface area (Å²) in [5, 5.41) is 10.3. The van der Waals surface area contributed by atoms with E-state index < -0.39 is 11.6 Å². The van der Waals surface area contributed by atoms with Crippen LogP contribution in [-0.2, 0) is 14.3 Å². The average molecular weight is 284 g/mol. The molecule has 0 aliphatic carbocycles. The summed E-state index contributed by atoms with van der Waals surface area (Å²) in [7, 11) is 0. The van der Waals surface area contributed by atoms with Crippen LogP contribution >= 0.6 is 0 Å². The number of terminal acetylenes is 1. The first-order valence-electron chi connectivity index (χ1n) is 6.57. The van der Waals surface area contributed by atoms with E-state index in [1.54, 1.807) is 18.2 Å². The molecule has 0 spiro atoms. The summed E-state index contributed by atoms with van der Waals surface area (Å²) in [4.78, 5) is 23.2. The Balaban J connectivity index is 2.41. The number of Topliss-reactive ketones (excluding diaryl/α,β-unsaturated/α-hetero) is 2. The largest absolute Gasteiger partial charge is 0.452 e. The van der Waals surface area contributed by atoms with Gasteiger partial charge in [-0.3, -0.25) is 9.59 Å². The summed E-state index contributed by atoms with van der Waals surface area (Å²) < 4.78 is 5.18. The molecular formula is C17H16O4. The summed E-state index contributed by atoms with van der Waals surface area (Å²) in [6.45, 7) is 2.57. The summed E-state index contributed by atoms with van der Waals surface area (Å²) in [5.41, 5.74) is 1.60. The Labute approximate surface area is 123 Å². The Morgan fingerprint density at radius 2 is 1.95 bits per heavy atom. The lowest BCUT2D eigenvalue weighted by Gasteiger charge is -2.34. The van der Waals surface area contributed by atoms with Crippen molar-refractivity contribution in [2.24, 2.45) is 0 Å². The number of carbonyl (C=O) groups excluding carboxylic acids is 2. The van der Waals surface area contributed by atoms with E-state index >= 15 is 0 Å². The Bertz CT molecular complexity index is 648. The number of carbonyl (C=O) groups is 2. The highest BCUT2D eigenvalue weighted by Crippen LogP contribution is 2.36. The molecule has 0 fully saturated rings. The van der Waals surface area contributed by atoms with Gasteiger partial charge in [-0.15, -0.1) is 6.42 Å².